The monoisotopic (exact) mass is 533 g/mol. The van der Waals surface area contributed by atoms with Gasteiger partial charge in [-0.05, 0) is 56.0 Å². The number of sulfonamides is 1. The second-order valence-corrected chi connectivity index (χ2v) is 11.8. The number of alkyl halides is 5. The van der Waals surface area contributed by atoms with Crippen LogP contribution in [0.5, 0.6) is 0 Å². The van der Waals surface area contributed by atoms with Gasteiger partial charge in [0.15, 0.2) is 9.84 Å². The number of rotatable bonds is 6. The predicted octanol–water partition coefficient (Wildman–Crippen LogP) is 4.95. The molecule has 5 nitrogen and oxygen atoms in total. The summed E-state index contributed by atoms with van der Waals surface area (Å²) in [4.78, 5) is -0.477. The van der Waals surface area contributed by atoms with Gasteiger partial charge in [-0.15, -0.1) is 0 Å². The van der Waals surface area contributed by atoms with Crippen molar-refractivity contribution in [2.45, 2.75) is 53.3 Å². The van der Waals surface area contributed by atoms with Gasteiger partial charge < -0.3 is 0 Å². The van der Waals surface area contributed by atoms with Gasteiger partial charge in [0.2, 0.25) is 0 Å². The highest BCUT2D eigenvalue weighted by Crippen LogP contribution is 2.48. The summed E-state index contributed by atoms with van der Waals surface area (Å²) in [5, 5.41) is 0. The first-order valence-corrected chi connectivity index (χ1v) is 12.7. The third kappa shape index (κ3) is 4.80. The third-order valence-corrected chi connectivity index (χ3v) is 9.60. The van der Waals surface area contributed by atoms with Gasteiger partial charge >= 0.3 is 15.5 Å². The van der Waals surface area contributed by atoms with Crippen LogP contribution < -0.4 is 4.72 Å². The van der Waals surface area contributed by atoms with E-state index in [1.54, 1.807) is 0 Å². The van der Waals surface area contributed by atoms with Gasteiger partial charge in [-0.1, -0.05) is 12.1 Å². The van der Waals surface area contributed by atoms with E-state index in [1.165, 1.54) is 4.72 Å². The second-order valence-electron chi connectivity index (χ2n) is 7.83. The minimum atomic E-state index is -5.72. The van der Waals surface area contributed by atoms with Crippen molar-refractivity contribution in [1.82, 2.24) is 4.72 Å². The number of halogens is 7. The minimum Gasteiger partial charge on any atom is -0.223 e. The largest absolute Gasteiger partial charge is 0.511 e. The Kier molecular flexibility index (Phi) is 7.08. The van der Waals surface area contributed by atoms with Crippen LogP contribution in [0.1, 0.15) is 43.2 Å². The molecule has 0 spiro atoms. The molecule has 3 rings (SSSR count). The van der Waals surface area contributed by atoms with Crippen LogP contribution in [0.2, 0.25) is 0 Å². The van der Waals surface area contributed by atoms with Crippen LogP contribution in [0.15, 0.2) is 47.4 Å². The van der Waals surface area contributed by atoms with Crippen LogP contribution in [0.3, 0.4) is 0 Å². The quantitative estimate of drug-likeness (QED) is 0.533. The third-order valence-electron chi connectivity index (χ3n) is 5.80. The van der Waals surface area contributed by atoms with Crippen LogP contribution in [0.4, 0.5) is 30.7 Å². The molecule has 0 amide bonds. The lowest BCUT2D eigenvalue weighted by molar-refractivity contribution is -0.0452. The molecule has 0 saturated heterocycles. The Bertz CT molecular complexity index is 1250. The van der Waals surface area contributed by atoms with E-state index in [1.807, 2.05) is 0 Å². The van der Waals surface area contributed by atoms with E-state index in [0.29, 0.717) is 12.1 Å². The van der Waals surface area contributed by atoms with E-state index in [2.05, 4.69) is 0 Å². The summed E-state index contributed by atoms with van der Waals surface area (Å²) in [7, 11) is -10.3. The molecule has 188 valence electrons. The smallest absolute Gasteiger partial charge is 0.223 e. The minimum absolute atomic E-state index is 0.445. The van der Waals surface area contributed by atoms with E-state index in [4.69, 9.17) is 0 Å². The molecular weight excluding hydrogens is 515 g/mol. The summed E-state index contributed by atoms with van der Waals surface area (Å²) >= 11 is 0. The van der Waals surface area contributed by atoms with Crippen LogP contribution in [-0.4, -0.2) is 28.4 Å². The molecule has 1 N–H and O–H groups in total. The Balaban J connectivity index is 2.05. The fraction of sp³-hybridized carbons (Fsp3) is 0.400. The molecule has 0 atom stereocenters. The van der Waals surface area contributed by atoms with Crippen molar-refractivity contribution in [1.29, 1.82) is 0 Å². The Hall–Kier alpha value is -2.19. The number of sulfone groups is 1. The van der Waals surface area contributed by atoms with Crippen LogP contribution >= 0.6 is 0 Å². The molecule has 0 bridgehead atoms. The van der Waals surface area contributed by atoms with E-state index in [-0.39, 0.29) is 0 Å². The molecule has 1 aliphatic carbocycles. The molecule has 0 radical (unpaired) electrons. The maximum atomic E-state index is 14.7. The SMILES string of the molecule is O=S(=O)(N[C@H]1CC[C@@](c2cc(F)ccc2F)(S(=O)(=O)c2ccc(C(F)F)cc2)CC1)C(F)(F)F. The highest BCUT2D eigenvalue weighted by atomic mass is 32.2. The Morgan fingerprint density at radius 3 is 1.97 bits per heavy atom. The molecule has 14 heteroatoms. The summed E-state index contributed by atoms with van der Waals surface area (Å²) in [5.41, 5.74) is -6.65. The van der Waals surface area contributed by atoms with Crippen molar-refractivity contribution in [3.05, 3.63) is 65.2 Å². The second kappa shape index (κ2) is 9.11. The zero-order chi connectivity index (χ0) is 25.5. The van der Waals surface area contributed by atoms with Crippen molar-refractivity contribution in [3.8, 4) is 0 Å². The molecule has 0 heterocycles. The van der Waals surface area contributed by atoms with E-state index >= 15 is 0 Å². The highest BCUT2D eigenvalue weighted by molar-refractivity contribution is 7.92. The van der Waals surface area contributed by atoms with Gasteiger partial charge in [0.25, 0.3) is 6.43 Å². The van der Waals surface area contributed by atoms with Gasteiger partial charge in [0, 0.05) is 17.2 Å². The predicted molar refractivity (Wildman–Crippen MR) is 107 cm³/mol. The molecule has 34 heavy (non-hydrogen) atoms. The zero-order valence-corrected chi connectivity index (χ0v) is 18.8. The molecule has 0 aliphatic heterocycles. The van der Waals surface area contributed by atoms with Gasteiger partial charge in [-0.3, -0.25) is 0 Å². The normalized spacial score (nSPS) is 22.2. The number of hydrogen-bond donors (Lipinski definition) is 1. The van der Waals surface area contributed by atoms with Gasteiger partial charge in [0.05, 0.1) is 4.90 Å². The lowest BCUT2D eigenvalue weighted by Gasteiger charge is -2.40. The molecular formula is C20H18F7NO4S2. The maximum Gasteiger partial charge on any atom is 0.511 e. The van der Waals surface area contributed by atoms with Crippen molar-refractivity contribution in [3.63, 3.8) is 0 Å². The molecule has 1 fully saturated rings. The first-order chi connectivity index (χ1) is 15.6. The van der Waals surface area contributed by atoms with Gasteiger partial charge in [-0.2, -0.15) is 13.2 Å². The fourth-order valence-electron chi connectivity index (χ4n) is 4.04. The molecule has 0 aromatic heterocycles. The van der Waals surface area contributed by atoms with E-state index in [0.717, 1.165) is 30.3 Å². The van der Waals surface area contributed by atoms with Crippen molar-refractivity contribution < 1.29 is 47.6 Å². The lowest BCUT2D eigenvalue weighted by Crippen LogP contribution is -2.48. The first-order valence-electron chi connectivity index (χ1n) is 9.77. The standard InChI is InChI=1S/C20H18F7NO4S2/c21-13-3-6-17(22)16(11-13)19(33(29,30)15-4-1-12(2-5-15)18(23)24)9-7-14(8-10-19)28-34(31,32)20(25,26)27/h1-6,11,14,18,28H,7-10H2/t14-,19+. The average molecular weight is 533 g/mol. The number of hydrogen-bond acceptors (Lipinski definition) is 4. The summed E-state index contributed by atoms with van der Waals surface area (Å²) in [6.07, 6.45) is -4.89. The van der Waals surface area contributed by atoms with Crippen molar-refractivity contribution in [2.75, 3.05) is 0 Å². The fourth-order valence-corrected chi connectivity index (χ4v) is 7.01. The molecule has 2 aromatic rings. The summed E-state index contributed by atoms with van der Waals surface area (Å²) < 4.78 is 142. The number of benzene rings is 2. The maximum absolute atomic E-state index is 14.7. The van der Waals surface area contributed by atoms with Crippen molar-refractivity contribution in [2.24, 2.45) is 0 Å². The van der Waals surface area contributed by atoms with Crippen LogP contribution in [-0.2, 0) is 24.6 Å². The number of nitrogens with one attached hydrogen (secondary N) is 1. The van der Waals surface area contributed by atoms with E-state index < -0.39 is 95.9 Å². The first kappa shape index (κ1) is 26.4. The Labute approximate surface area is 190 Å². The molecule has 1 aliphatic rings. The summed E-state index contributed by atoms with van der Waals surface area (Å²) in [6.45, 7) is 0. The Morgan fingerprint density at radius 2 is 1.47 bits per heavy atom. The van der Waals surface area contributed by atoms with E-state index in [9.17, 15) is 47.6 Å². The Morgan fingerprint density at radius 1 is 0.912 bits per heavy atom. The lowest BCUT2D eigenvalue weighted by atomic mass is 9.80. The summed E-state index contributed by atoms with van der Waals surface area (Å²) in [5.74, 6) is -2.07. The van der Waals surface area contributed by atoms with Crippen LogP contribution in [0, 0.1) is 11.6 Å². The molecule has 1 saturated carbocycles. The van der Waals surface area contributed by atoms with Crippen molar-refractivity contribution >= 4 is 19.9 Å². The summed E-state index contributed by atoms with van der Waals surface area (Å²) in [6, 6.07) is 4.27. The molecule has 0 unspecified atom stereocenters. The average Bonchev–Trinajstić information content (AvgIpc) is 2.75. The highest BCUT2D eigenvalue weighted by Gasteiger charge is 2.52. The topological polar surface area (TPSA) is 80.3 Å². The van der Waals surface area contributed by atoms with Gasteiger partial charge in [0.1, 0.15) is 16.4 Å². The van der Waals surface area contributed by atoms with Gasteiger partial charge in [-0.25, -0.2) is 39.1 Å². The zero-order valence-electron chi connectivity index (χ0n) is 17.1. The van der Waals surface area contributed by atoms with Crippen LogP contribution in [0.25, 0.3) is 0 Å². The molecule has 2 aromatic carbocycles.